The number of nitrogens with one attached hydrogen (secondary N) is 2. The molecular formula is C22H25ClN4O2. The molecule has 3 rings (SSSR count). The van der Waals surface area contributed by atoms with Crippen molar-refractivity contribution in [2.24, 2.45) is 0 Å². The van der Waals surface area contributed by atoms with Crippen molar-refractivity contribution in [2.45, 2.75) is 13.5 Å². The first-order chi connectivity index (χ1) is 13.8. The number of aromatic nitrogens is 1. The minimum absolute atomic E-state index is 0.188. The number of hydrogen-bond acceptors (Lipinski definition) is 3. The summed E-state index contributed by atoms with van der Waals surface area (Å²) in [4.78, 5) is 32.0. The van der Waals surface area contributed by atoms with E-state index in [4.69, 9.17) is 11.6 Å². The van der Waals surface area contributed by atoms with Gasteiger partial charge in [-0.15, -0.1) is 0 Å². The third-order valence-corrected chi connectivity index (χ3v) is 4.85. The fourth-order valence-electron chi connectivity index (χ4n) is 3.04. The van der Waals surface area contributed by atoms with Gasteiger partial charge in [0, 0.05) is 34.9 Å². The molecule has 0 bridgehead atoms. The van der Waals surface area contributed by atoms with E-state index >= 15 is 0 Å². The lowest BCUT2D eigenvalue weighted by molar-refractivity contribution is 0.202. The molecule has 1 aromatic heterocycles. The van der Waals surface area contributed by atoms with Crippen LogP contribution in [0.1, 0.15) is 11.1 Å². The zero-order valence-electron chi connectivity index (χ0n) is 16.8. The number of halogens is 1. The fourth-order valence-corrected chi connectivity index (χ4v) is 3.23. The van der Waals surface area contributed by atoms with Crippen LogP contribution in [-0.2, 0) is 6.54 Å². The molecule has 0 saturated carbocycles. The van der Waals surface area contributed by atoms with Gasteiger partial charge in [0.2, 0.25) is 0 Å². The molecular weight excluding hydrogens is 388 g/mol. The maximum Gasteiger partial charge on any atom is 0.322 e. The largest absolute Gasteiger partial charge is 0.322 e. The van der Waals surface area contributed by atoms with Crippen molar-refractivity contribution in [3.8, 4) is 0 Å². The highest BCUT2D eigenvalue weighted by atomic mass is 35.5. The van der Waals surface area contributed by atoms with Crippen LogP contribution < -0.4 is 10.9 Å². The normalized spacial score (nSPS) is 11.1. The number of amides is 2. The molecule has 0 aliphatic rings. The number of aryl methyl sites for hydroxylation is 1. The molecule has 0 aliphatic heterocycles. The Bertz CT molecular complexity index is 1080. The van der Waals surface area contributed by atoms with Gasteiger partial charge in [0.1, 0.15) is 0 Å². The third-order valence-electron chi connectivity index (χ3n) is 4.62. The van der Waals surface area contributed by atoms with Gasteiger partial charge in [0.15, 0.2) is 0 Å². The summed E-state index contributed by atoms with van der Waals surface area (Å²) in [5.41, 5.74) is 2.86. The number of nitrogens with zero attached hydrogens (tertiary/aromatic N) is 2. The number of anilines is 1. The first kappa shape index (κ1) is 20.9. The van der Waals surface area contributed by atoms with Gasteiger partial charge in [-0.05, 0) is 62.8 Å². The summed E-state index contributed by atoms with van der Waals surface area (Å²) >= 11 is 6.01. The van der Waals surface area contributed by atoms with Crippen LogP contribution in [0.3, 0.4) is 0 Å². The highest BCUT2D eigenvalue weighted by Crippen LogP contribution is 2.17. The Labute approximate surface area is 175 Å². The van der Waals surface area contributed by atoms with Crippen LogP contribution in [0.4, 0.5) is 10.5 Å². The van der Waals surface area contributed by atoms with Crippen molar-refractivity contribution in [3.63, 3.8) is 0 Å². The zero-order chi connectivity index (χ0) is 21.0. The fraction of sp³-hybridized carbons (Fsp3) is 0.273. The Balaban J connectivity index is 1.86. The standard InChI is InChI=1S/C22H25ClN4O2/c1-15-7-8-20-16(11-15)12-17(21(28)25-20)14-27(10-9-26(2)3)22(29)24-19-6-4-5-18(23)13-19/h4-8,11-13H,9-10,14H2,1-3H3,(H,24,29)(H,25,28). The molecule has 2 N–H and O–H groups in total. The second kappa shape index (κ2) is 9.11. The van der Waals surface area contributed by atoms with Crippen molar-refractivity contribution >= 4 is 34.2 Å². The number of pyridine rings is 1. The Morgan fingerprint density at radius 1 is 1.10 bits per heavy atom. The number of urea groups is 1. The third kappa shape index (κ3) is 5.59. The van der Waals surface area contributed by atoms with Crippen molar-refractivity contribution in [1.82, 2.24) is 14.8 Å². The molecule has 152 valence electrons. The molecule has 29 heavy (non-hydrogen) atoms. The molecule has 0 aliphatic carbocycles. The Hall–Kier alpha value is -2.83. The lowest BCUT2D eigenvalue weighted by atomic mass is 10.1. The predicted octanol–water partition coefficient (Wildman–Crippen LogP) is 4.09. The molecule has 0 spiro atoms. The summed E-state index contributed by atoms with van der Waals surface area (Å²) in [7, 11) is 3.89. The first-order valence-corrected chi connectivity index (χ1v) is 9.78. The van der Waals surface area contributed by atoms with Crippen LogP contribution >= 0.6 is 11.6 Å². The van der Waals surface area contributed by atoms with Crippen molar-refractivity contribution in [3.05, 3.63) is 75.0 Å². The van der Waals surface area contributed by atoms with Gasteiger partial charge in [-0.25, -0.2) is 4.79 Å². The quantitative estimate of drug-likeness (QED) is 0.640. The maximum atomic E-state index is 12.9. The van der Waals surface area contributed by atoms with Crippen LogP contribution in [0.15, 0.2) is 53.3 Å². The van der Waals surface area contributed by atoms with E-state index in [1.54, 1.807) is 29.2 Å². The van der Waals surface area contributed by atoms with Crippen LogP contribution in [-0.4, -0.2) is 48.0 Å². The van der Waals surface area contributed by atoms with E-state index in [0.717, 1.165) is 16.5 Å². The highest BCUT2D eigenvalue weighted by Gasteiger charge is 2.17. The Morgan fingerprint density at radius 3 is 2.62 bits per heavy atom. The summed E-state index contributed by atoms with van der Waals surface area (Å²) in [6.07, 6.45) is 0. The molecule has 0 radical (unpaired) electrons. The van der Waals surface area contributed by atoms with E-state index < -0.39 is 0 Å². The first-order valence-electron chi connectivity index (χ1n) is 9.40. The lowest BCUT2D eigenvalue weighted by Gasteiger charge is -2.24. The number of benzene rings is 2. The number of carbonyl (C=O) groups is 1. The molecule has 2 aromatic carbocycles. The highest BCUT2D eigenvalue weighted by molar-refractivity contribution is 6.30. The van der Waals surface area contributed by atoms with Gasteiger partial charge in [0.05, 0.1) is 6.54 Å². The molecule has 0 unspecified atom stereocenters. The van der Waals surface area contributed by atoms with Crippen LogP contribution in [0, 0.1) is 6.92 Å². The van der Waals surface area contributed by atoms with Crippen molar-refractivity contribution in [2.75, 3.05) is 32.5 Å². The molecule has 0 fully saturated rings. The van der Waals surface area contributed by atoms with Crippen molar-refractivity contribution in [1.29, 1.82) is 0 Å². The monoisotopic (exact) mass is 412 g/mol. The molecule has 1 heterocycles. The van der Waals surface area contributed by atoms with E-state index in [-0.39, 0.29) is 18.1 Å². The van der Waals surface area contributed by atoms with Crippen LogP contribution in [0.25, 0.3) is 10.9 Å². The number of fused-ring (bicyclic) bond motifs is 1. The minimum Gasteiger partial charge on any atom is -0.322 e. The Morgan fingerprint density at radius 2 is 1.90 bits per heavy atom. The average molecular weight is 413 g/mol. The second-order valence-corrected chi connectivity index (χ2v) is 7.82. The van der Waals surface area contributed by atoms with Gasteiger partial charge < -0.3 is 20.1 Å². The summed E-state index contributed by atoms with van der Waals surface area (Å²) in [6, 6.07) is 14.4. The summed E-state index contributed by atoms with van der Waals surface area (Å²) < 4.78 is 0. The van der Waals surface area contributed by atoms with Gasteiger partial charge in [-0.1, -0.05) is 29.3 Å². The molecule has 0 saturated heterocycles. The number of rotatable bonds is 6. The SMILES string of the molecule is Cc1ccc2[nH]c(=O)c(CN(CCN(C)C)C(=O)Nc3cccc(Cl)c3)cc2c1. The van der Waals surface area contributed by atoms with E-state index in [9.17, 15) is 9.59 Å². The molecule has 7 heteroatoms. The van der Waals surface area contributed by atoms with E-state index in [2.05, 4.69) is 10.3 Å². The molecule has 0 atom stereocenters. The van der Waals surface area contributed by atoms with Gasteiger partial charge >= 0.3 is 6.03 Å². The number of aromatic amines is 1. The van der Waals surface area contributed by atoms with Crippen LogP contribution in [0.2, 0.25) is 5.02 Å². The van der Waals surface area contributed by atoms with Gasteiger partial charge in [-0.3, -0.25) is 4.79 Å². The van der Waals surface area contributed by atoms with Crippen LogP contribution in [0.5, 0.6) is 0 Å². The number of carbonyl (C=O) groups excluding carboxylic acids is 1. The average Bonchev–Trinajstić information content (AvgIpc) is 2.65. The number of hydrogen-bond donors (Lipinski definition) is 2. The summed E-state index contributed by atoms with van der Waals surface area (Å²) in [6.45, 7) is 3.36. The smallest absolute Gasteiger partial charge is 0.322 e. The van der Waals surface area contributed by atoms with E-state index in [0.29, 0.717) is 29.4 Å². The molecule has 3 aromatic rings. The van der Waals surface area contributed by atoms with Gasteiger partial charge in [0.25, 0.3) is 5.56 Å². The minimum atomic E-state index is -0.280. The maximum absolute atomic E-state index is 12.9. The summed E-state index contributed by atoms with van der Waals surface area (Å²) in [5.74, 6) is 0. The summed E-state index contributed by atoms with van der Waals surface area (Å²) in [5, 5.41) is 4.36. The molecule has 6 nitrogen and oxygen atoms in total. The van der Waals surface area contributed by atoms with Gasteiger partial charge in [-0.2, -0.15) is 0 Å². The lowest BCUT2D eigenvalue weighted by Crippen LogP contribution is -2.40. The topological polar surface area (TPSA) is 68.4 Å². The second-order valence-electron chi connectivity index (χ2n) is 7.38. The van der Waals surface area contributed by atoms with E-state index in [1.807, 2.05) is 50.2 Å². The number of H-pyrrole nitrogens is 1. The molecule has 2 amide bonds. The van der Waals surface area contributed by atoms with E-state index in [1.165, 1.54) is 0 Å². The van der Waals surface area contributed by atoms with Crippen molar-refractivity contribution < 1.29 is 4.79 Å². The predicted molar refractivity (Wildman–Crippen MR) is 119 cm³/mol. The zero-order valence-corrected chi connectivity index (χ0v) is 17.6. The Kier molecular flexibility index (Phi) is 6.56. The number of likely N-dealkylation sites (N-methyl/N-ethyl adjacent to an activating group) is 1.